The van der Waals surface area contributed by atoms with Gasteiger partial charge in [-0.25, -0.2) is 15.2 Å². The van der Waals surface area contributed by atoms with E-state index in [0.29, 0.717) is 5.69 Å². The van der Waals surface area contributed by atoms with Gasteiger partial charge in [0.1, 0.15) is 5.56 Å². The van der Waals surface area contributed by atoms with Gasteiger partial charge in [0.05, 0.1) is 12.3 Å². The summed E-state index contributed by atoms with van der Waals surface area (Å²) in [6.45, 7) is 1.93. The van der Waals surface area contributed by atoms with Crippen molar-refractivity contribution in [3.05, 3.63) is 41.7 Å². The number of rotatable bonds is 4. The molecule has 23 heavy (non-hydrogen) atoms. The number of carbonyl (C=O) groups excluding carboxylic acids is 2. The molecule has 1 amide bonds. The van der Waals surface area contributed by atoms with Crippen LogP contribution in [0.4, 0.5) is 0 Å². The number of esters is 1. The highest BCUT2D eigenvalue weighted by atomic mass is 16.5. The van der Waals surface area contributed by atoms with Gasteiger partial charge in [-0.3, -0.25) is 15.3 Å². The van der Waals surface area contributed by atoms with Gasteiger partial charge in [-0.15, -0.1) is 10.2 Å². The van der Waals surface area contributed by atoms with Gasteiger partial charge < -0.3 is 4.74 Å². The van der Waals surface area contributed by atoms with E-state index in [1.165, 1.54) is 4.52 Å². The largest absolute Gasteiger partial charge is 0.462 e. The molecule has 4 N–H and O–H groups in total. The maximum Gasteiger partial charge on any atom is 0.344 e. The van der Waals surface area contributed by atoms with Crippen LogP contribution in [0.5, 0.6) is 0 Å². The van der Waals surface area contributed by atoms with Crippen molar-refractivity contribution in [2.45, 2.75) is 6.92 Å². The zero-order valence-electron chi connectivity index (χ0n) is 12.2. The van der Waals surface area contributed by atoms with Crippen LogP contribution in [0, 0.1) is 0 Å². The first-order chi connectivity index (χ1) is 11.2. The van der Waals surface area contributed by atoms with Crippen molar-refractivity contribution in [1.82, 2.24) is 25.2 Å². The average Bonchev–Trinajstić information content (AvgIpc) is 3.14. The summed E-state index contributed by atoms with van der Waals surface area (Å²) in [5.74, 6) is 3.89. The number of hydrazine groups is 1. The van der Waals surface area contributed by atoms with E-state index < -0.39 is 11.9 Å². The maximum absolute atomic E-state index is 12.3. The number of aromatic amines is 1. The fraction of sp³-hybridized carbons (Fsp3) is 0.143. The fourth-order valence-corrected chi connectivity index (χ4v) is 2.25. The van der Waals surface area contributed by atoms with Gasteiger partial charge in [0.2, 0.25) is 5.82 Å². The number of aromatic nitrogens is 4. The number of nitrogens with two attached hydrogens (primary N) is 1. The lowest BCUT2D eigenvalue weighted by Crippen LogP contribution is -2.31. The number of hydrogen-bond acceptors (Lipinski definition) is 6. The minimum Gasteiger partial charge on any atom is -0.462 e. The molecule has 0 spiro atoms. The third kappa shape index (κ3) is 2.42. The Morgan fingerprint density at radius 3 is 2.70 bits per heavy atom. The SMILES string of the molecule is CCOC(=O)c1c(-c2ccccc2)[nH]n2c(C(=O)NN)nnc12. The molecule has 0 fully saturated rings. The molecule has 2 heterocycles. The second-order valence-corrected chi connectivity index (χ2v) is 4.60. The second-order valence-electron chi connectivity index (χ2n) is 4.60. The molecule has 3 aromatic rings. The van der Waals surface area contributed by atoms with Crippen molar-refractivity contribution >= 4 is 17.5 Å². The number of amides is 1. The molecule has 1 aromatic carbocycles. The van der Waals surface area contributed by atoms with E-state index in [4.69, 9.17) is 10.6 Å². The lowest BCUT2D eigenvalue weighted by Gasteiger charge is -2.03. The zero-order valence-corrected chi connectivity index (χ0v) is 12.2. The van der Waals surface area contributed by atoms with Gasteiger partial charge in [-0.1, -0.05) is 30.3 Å². The molecular formula is C14H14N6O3. The summed E-state index contributed by atoms with van der Waals surface area (Å²) in [6.07, 6.45) is 0. The van der Waals surface area contributed by atoms with Crippen LogP contribution < -0.4 is 11.3 Å². The molecule has 0 aliphatic heterocycles. The highest BCUT2D eigenvalue weighted by Crippen LogP contribution is 2.26. The number of carbonyl (C=O) groups is 2. The Bertz CT molecular complexity index is 867. The predicted octanol–water partition coefficient (Wildman–Crippen LogP) is 0.505. The number of fused-ring (bicyclic) bond motifs is 1. The number of nitrogen functional groups attached to an aromatic ring is 1. The Kier molecular flexibility index (Phi) is 3.77. The van der Waals surface area contributed by atoms with Crippen LogP contribution in [-0.4, -0.2) is 38.3 Å². The van der Waals surface area contributed by atoms with Gasteiger partial charge in [-0.2, -0.15) is 0 Å². The summed E-state index contributed by atoms with van der Waals surface area (Å²) in [5.41, 5.74) is 3.63. The molecule has 0 aliphatic rings. The van der Waals surface area contributed by atoms with E-state index in [1.54, 1.807) is 6.92 Å². The van der Waals surface area contributed by atoms with E-state index in [2.05, 4.69) is 15.3 Å². The minimum atomic E-state index is -0.631. The predicted molar refractivity (Wildman–Crippen MR) is 80.4 cm³/mol. The van der Waals surface area contributed by atoms with Gasteiger partial charge in [0, 0.05) is 5.56 Å². The van der Waals surface area contributed by atoms with E-state index in [0.717, 1.165) is 5.56 Å². The zero-order chi connectivity index (χ0) is 16.4. The smallest absolute Gasteiger partial charge is 0.344 e. The topological polar surface area (TPSA) is 127 Å². The monoisotopic (exact) mass is 314 g/mol. The fourth-order valence-electron chi connectivity index (χ4n) is 2.25. The first-order valence-corrected chi connectivity index (χ1v) is 6.88. The third-order valence-corrected chi connectivity index (χ3v) is 3.24. The number of H-pyrrole nitrogens is 1. The molecule has 0 saturated carbocycles. The Labute approximate surface area is 130 Å². The van der Waals surface area contributed by atoms with Crippen LogP contribution in [0.2, 0.25) is 0 Å². The maximum atomic E-state index is 12.3. The number of nitrogens with zero attached hydrogens (tertiary/aromatic N) is 3. The molecule has 3 rings (SSSR count). The third-order valence-electron chi connectivity index (χ3n) is 3.24. The van der Waals surface area contributed by atoms with Crippen molar-refractivity contribution in [2.24, 2.45) is 5.84 Å². The van der Waals surface area contributed by atoms with Crippen LogP contribution in [-0.2, 0) is 4.74 Å². The molecule has 0 unspecified atom stereocenters. The summed E-state index contributed by atoms with van der Waals surface area (Å²) in [5, 5.41) is 10.6. The van der Waals surface area contributed by atoms with Crippen LogP contribution in [0.15, 0.2) is 30.3 Å². The molecule has 9 heteroatoms. The van der Waals surface area contributed by atoms with Gasteiger partial charge in [0.25, 0.3) is 0 Å². The Morgan fingerprint density at radius 2 is 2.04 bits per heavy atom. The molecule has 0 radical (unpaired) electrons. The summed E-state index contributed by atoms with van der Waals surface area (Å²) in [7, 11) is 0. The summed E-state index contributed by atoms with van der Waals surface area (Å²) in [4.78, 5) is 24.1. The van der Waals surface area contributed by atoms with E-state index >= 15 is 0 Å². The summed E-state index contributed by atoms with van der Waals surface area (Å²) < 4.78 is 6.39. The molecule has 0 atom stereocenters. The number of benzene rings is 1. The van der Waals surface area contributed by atoms with Crippen molar-refractivity contribution < 1.29 is 14.3 Å². The Morgan fingerprint density at radius 1 is 1.30 bits per heavy atom. The average molecular weight is 314 g/mol. The lowest BCUT2D eigenvalue weighted by atomic mass is 10.1. The van der Waals surface area contributed by atoms with Crippen molar-refractivity contribution in [1.29, 1.82) is 0 Å². The number of hydrogen-bond donors (Lipinski definition) is 3. The number of nitrogens with one attached hydrogen (secondary N) is 2. The second kappa shape index (κ2) is 5.89. The van der Waals surface area contributed by atoms with E-state index in [9.17, 15) is 9.59 Å². The molecule has 2 aromatic heterocycles. The minimum absolute atomic E-state index is 0.0600. The number of ether oxygens (including phenoxy) is 1. The highest BCUT2D eigenvalue weighted by Gasteiger charge is 2.26. The standard InChI is InChI=1S/C14H14N6O3/c1-2-23-14(22)9-10(8-6-4-3-5-7-8)19-20-11(9)17-18-12(20)13(21)16-15/h3-7,19H,2,15H2,1H3,(H,16,21). The van der Waals surface area contributed by atoms with Gasteiger partial charge in [0.15, 0.2) is 5.65 Å². The molecule has 118 valence electrons. The molecule has 0 aliphatic carbocycles. The van der Waals surface area contributed by atoms with Crippen LogP contribution in [0.25, 0.3) is 16.9 Å². The van der Waals surface area contributed by atoms with Crippen LogP contribution in [0.1, 0.15) is 27.9 Å². The van der Waals surface area contributed by atoms with E-state index in [1.807, 2.05) is 35.8 Å². The normalized spacial score (nSPS) is 10.7. The first-order valence-electron chi connectivity index (χ1n) is 6.88. The van der Waals surface area contributed by atoms with Crippen LogP contribution >= 0.6 is 0 Å². The lowest BCUT2D eigenvalue weighted by molar-refractivity contribution is 0.0529. The molecule has 0 bridgehead atoms. The molecular weight excluding hydrogens is 300 g/mol. The molecule has 9 nitrogen and oxygen atoms in total. The van der Waals surface area contributed by atoms with Crippen LogP contribution in [0.3, 0.4) is 0 Å². The summed E-state index contributed by atoms with van der Waals surface area (Å²) >= 11 is 0. The quantitative estimate of drug-likeness (QED) is 0.278. The molecule has 0 saturated heterocycles. The van der Waals surface area contributed by atoms with Crippen molar-refractivity contribution in [3.63, 3.8) is 0 Å². The van der Waals surface area contributed by atoms with Crippen molar-refractivity contribution in [2.75, 3.05) is 6.61 Å². The van der Waals surface area contributed by atoms with Gasteiger partial charge >= 0.3 is 11.9 Å². The Balaban J connectivity index is 2.25. The first kappa shape index (κ1) is 14.7. The van der Waals surface area contributed by atoms with E-state index in [-0.39, 0.29) is 23.6 Å². The van der Waals surface area contributed by atoms with Gasteiger partial charge in [-0.05, 0) is 6.92 Å². The summed E-state index contributed by atoms with van der Waals surface area (Å²) in [6, 6.07) is 9.17. The van der Waals surface area contributed by atoms with Crippen molar-refractivity contribution in [3.8, 4) is 11.3 Å². The Hall–Kier alpha value is -3.20. The highest BCUT2D eigenvalue weighted by molar-refractivity contribution is 6.03.